The summed E-state index contributed by atoms with van der Waals surface area (Å²) in [7, 11) is 0. The third-order valence-corrected chi connectivity index (χ3v) is 3.24. The first kappa shape index (κ1) is 16.4. The molecule has 1 aliphatic rings. The summed E-state index contributed by atoms with van der Waals surface area (Å²) in [6.07, 6.45) is -0.842. The van der Waals surface area contributed by atoms with E-state index in [2.05, 4.69) is 18.7 Å². The zero-order valence-corrected chi connectivity index (χ0v) is 10.8. The van der Waals surface area contributed by atoms with Crippen molar-refractivity contribution in [2.24, 2.45) is 5.92 Å². The second-order valence-corrected chi connectivity index (χ2v) is 5.14. The summed E-state index contributed by atoms with van der Waals surface area (Å²) in [5.74, 6) is -0.117. The lowest BCUT2D eigenvalue weighted by molar-refractivity contribution is -0.144. The number of aliphatic hydroxyl groups excluding tert-OH is 1. The van der Waals surface area contributed by atoms with Crippen molar-refractivity contribution < 1.29 is 9.90 Å². The second kappa shape index (κ2) is 6.97. The first-order chi connectivity index (χ1) is 7.43. The number of amides is 1. The predicted octanol–water partition coefficient (Wildman–Crippen LogP) is 1.19. The Kier molecular flexibility index (Phi) is 6.72. The summed E-state index contributed by atoms with van der Waals surface area (Å²) in [5, 5.41) is 9.72. The molecule has 0 aliphatic carbocycles. The van der Waals surface area contributed by atoms with Gasteiger partial charge < -0.3 is 10.0 Å². The van der Waals surface area contributed by atoms with E-state index in [-0.39, 0.29) is 19.3 Å². The molecule has 0 saturated carbocycles. The first-order valence-electron chi connectivity index (χ1n) is 6.14. The Balaban J connectivity index is 0.00000256. The molecule has 0 aromatic heterocycles. The minimum Gasteiger partial charge on any atom is -0.383 e. The zero-order valence-electron chi connectivity index (χ0n) is 10.8. The highest BCUT2D eigenvalue weighted by atomic mass is 16.3. The van der Waals surface area contributed by atoms with Gasteiger partial charge in [0.2, 0.25) is 0 Å². The molecule has 1 rings (SSSR count). The van der Waals surface area contributed by atoms with Crippen molar-refractivity contribution in [1.82, 2.24) is 9.80 Å². The maximum atomic E-state index is 11.9. The fraction of sp³-hybridized carbons (Fsp3) is 0.923. The Morgan fingerprint density at radius 1 is 1.06 bits per heavy atom. The molecule has 1 heterocycles. The lowest BCUT2D eigenvalue weighted by Crippen LogP contribution is -2.53. The van der Waals surface area contributed by atoms with E-state index in [4.69, 9.17) is 0 Å². The van der Waals surface area contributed by atoms with Gasteiger partial charge in [0.05, 0.1) is 0 Å². The molecule has 102 valence electrons. The molecule has 1 atom stereocenters. The van der Waals surface area contributed by atoms with Gasteiger partial charge in [-0.3, -0.25) is 9.69 Å². The first-order valence-corrected chi connectivity index (χ1v) is 6.14. The van der Waals surface area contributed by atoms with Crippen molar-refractivity contribution >= 4 is 5.91 Å². The van der Waals surface area contributed by atoms with Crippen molar-refractivity contribution in [3.8, 4) is 0 Å². The zero-order chi connectivity index (χ0) is 12.3. The molecule has 0 radical (unpaired) electrons. The maximum Gasteiger partial charge on any atom is 0.251 e. The summed E-state index contributed by atoms with van der Waals surface area (Å²) in [5.41, 5.74) is 0. The summed E-state index contributed by atoms with van der Waals surface area (Å²) >= 11 is 0. The van der Waals surface area contributed by atoms with Crippen LogP contribution in [0.1, 0.15) is 35.1 Å². The van der Waals surface area contributed by atoms with Crippen molar-refractivity contribution in [3.05, 3.63) is 0 Å². The molecule has 1 amide bonds. The minimum absolute atomic E-state index is 0. The van der Waals surface area contributed by atoms with Gasteiger partial charge in [0.25, 0.3) is 5.91 Å². The number of hydrogen-bond acceptors (Lipinski definition) is 3. The second-order valence-electron chi connectivity index (χ2n) is 5.14. The molecule has 0 bridgehead atoms. The third-order valence-electron chi connectivity index (χ3n) is 3.24. The summed E-state index contributed by atoms with van der Waals surface area (Å²) in [6.45, 7) is 11.4. The van der Waals surface area contributed by atoms with Gasteiger partial charge in [-0.2, -0.15) is 0 Å². The number of piperazine rings is 1. The van der Waals surface area contributed by atoms with E-state index in [1.807, 2.05) is 13.8 Å². The molecule has 0 aromatic rings. The maximum absolute atomic E-state index is 11.9. The Labute approximate surface area is 106 Å². The van der Waals surface area contributed by atoms with Crippen LogP contribution >= 0.6 is 0 Å². The Morgan fingerprint density at radius 3 is 1.88 bits per heavy atom. The Morgan fingerprint density at radius 2 is 1.53 bits per heavy atom. The lowest BCUT2D eigenvalue weighted by Gasteiger charge is -2.38. The molecule has 0 spiro atoms. The molecular formula is C13H28N2O2. The average Bonchev–Trinajstić information content (AvgIpc) is 2.27. The number of nitrogens with zero attached hydrogens (tertiary/aromatic N) is 2. The van der Waals surface area contributed by atoms with Crippen LogP contribution in [-0.2, 0) is 4.79 Å². The van der Waals surface area contributed by atoms with Crippen LogP contribution in [0.15, 0.2) is 0 Å². The fourth-order valence-electron chi connectivity index (χ4n) is 1.93. The summed E-state index contributed by atoms with van der Waals surface area (Å²) in [4.78, 5) is 16.0. The van der Waals surface area contributed by atoms with Crippen LogP contribution in [0.25, 0.3) is 0 Å². The molecule has 1 N–H and O–H groups in total. The fourth-order valence-corrected chi connectivity index (χ4v) is 1.93. The average molecular weight is 244 g/mol. The summed E-state index contributed by atoms with van der Waals surface area (Å²) < 4.78 is 0. The highest BCUT2D eigenvalue weighted by Gasteiger charge is 2.28. The normalized spacial score (nSPS) is 19.4. The molecule has 1 saturated heterocycles. The van der Waals surface area contributed by atoms with Gasteiger partial charge in [-0.15, -0.1) is 0 Å². The van der Waals surface area contributed by atoms with Gasteiger partial charge >= 0.3 is 0 Å². The smallest absolute Gasteiger partial charge is 0.251 e. The van der Waals surface area contributed by atoms with Crippen LogP contribution in [-0.4, -0.2) is 59.1 Å². The van der Waals surface area contributed by atoms with Gasteiger partial charge in [-0.25, -0.2) is 0 Å². The van der Waals surface area contributed by atoms with Crippen molar-refractivity contribution in [2.45, 2.75) is 47.3 Å². The third kappa shape index (κ3) is 4.28. The van der Waals surface area contributed by atoms with E-state index in [1.165, 1.54) is 0 Å². The van der Waals surface area contributed by atoms with Crippen LogP contribution < -0.4 is 0 Å². The molecule has 1 fully saturated rings. The number of carbonyl (C=O) groups is 1. The molecule has 0 aromatic carbocycles. The highest BCUT2D eigenvalue weighted by Crippen LogP contribution is 2.10. The van der Waals surface area contributed by atoms with Crippen molar-refractivity contribution in [1.29, 1.82) is 0 Å². The standard InChI is InChI=1S/C12H24N2O2.CH4/c1-9(2)11(15)12(16)14-7-5-13(6-8-14)10(3)4;/h9-11,15H,5-8H2,1-4H3;1H4. The largest absolute Gasteiger partial charge is 0.383 e. The van der Waals surface area contributed by atoms with Gasteiger partial charge in [0.1, 0.15) is 6.10 Å². The van der Waals surface area contributed by atoms with E-state index in [1.54, 1.807) is 4.90 Å². The van der Waals surface area contributed by atoms with E-state index in [0.717, 1.165) is 26.2 Å². The number of rotatable bonds is 3. The van der Waals surface area contributed by atoms with Gasteiger partial charge in [-0.1, -0.05) is 21.3 Å². The van der Waals surface area contributed by atoms with Crippen LogP contribution in [0.5, 0.6) is 0 Å². The quantitative estimate of drug-likeness (QED) is 0.811. The minimum atomic E-state index is -0.842. The number of carbonyl (C=O) groups excluding carboxylic acids is 1. The van der Waals surface area contributed by atoms with E-state index < -0.39 is 6.10 Å². The van der Waals surface area contributed by atoms with E-state index in [0.29, 0.717) is 6.04 Å². The van der Waals surface area contributed by atoms with Crippen LogP contribution in [0, 0.1) is 5.92 Å². The van der Waals surface area contributed by atoms with Crippen LogP contribution in [0.3, 0.4) is 0 Å². The van der Waals surface area contributed by atoms with Gasteiger partial charge in [0, 0.05) is 32.2 Å². The monoisotopic (exact) mass is 244 g/mol. The highest BCUT2D eigenvalue weighted by molar-refractivity contribution is 5.81. The van der Waals surface area contributed by atoms with E-state index >= 15 is 0 Å². The van der Waals surface area contributed by atoms with Crippen LogP contribution in [0.4, 0.5) is 0 Å². The van der Waals surface area contributed by atoms with Crippen molar-refractivity contribution in [3.63, 3.8) is 0 Å². The Hall–Kier alpha value is -0.610. The molecule has 4 nitrogen and oxygen atoms in total. The van der Waals surface area contributed by atoms with Gasteiger partial charge in [-0.05, 0) is 19.8 Å². The molecule has 4 heteroatoms. The van der Waals surface area contributed by atoms with Gasteiger partial charge in [0.15, 0.2) is 0 Å². The SMILES string of the molecule is C.CC(C)C(O)C(=O)N1CCN(C(C)C)CC1. The molecule has 17 heavy (non-hydrogen) atoms. The summed E-state index contributed by atoms with van der Waals surface area (Å²) in [6, 6.07) is 0.535. The molecule has 1 unspecified atom stereocenters. The topological polar surface area (TPSA) is 43.8 Å². The van der Waals surface area contributed by atoms with Crippen molar-refractivity contribution in [2.75, 3.05) is 26.2 Å². The van der Waals surface area contributed by atoms with E-state index in [9.17, 15) is 9.90 Å². The van der Waals surface area contributed by atoms with Crippen LogP contribution in [0.2, 0.25) is 0 Å². The lowest BCUT2D eigenvalue weighted by atomic mass is 10.1. The number of aliphatic hydroxyl groups is 1. The Bertz CT molecular complexity index is 234. The predicted molar refractivity (Wildman–Crippen MR) is 70.9 cm³/mol. The number of hydrogen-bond donors (Lipinski definition) is 1. The molecule has 1 aliphatic heterocycles. The molecular weight excluding hydrogens is 216 g/mol.